The smallest absolute Gasteiger partial charge is 0.317 e. The highest BCUT2D eigenvalue weighted by atomic mass is 32.2. The number of para-hydroxylation sites is 1. The highest BCUT2D eigenvalue weighted by Crippen LogP contribution is 2.21. The summed E-state index contributed by atoms with van der Waals surface area (Å²) in [6, 6.07) is 8.46. The number of hydrogen-bond donors (Lipinski definition) is 1. The lowest BCUT2D eigenvalue weighted by atomic mass is 10.1. The fourth-order valence-electron chi connectivity index (χ4n) is 2.65. The van der Waals surface area contributed by atoms with Gasteiger partial charge in [0.2, 0.25) is 0 Å². The molecule has 1 aromatic carbocycles. The molecule has 0 saturated carbocycles. The number of ether oxygens (including phenoxy) is 1. The maximum Gasteiger partial charge on any atom is 0.317 e. The Morgan fingerprint density at radius 3 is 2.77 bits per heavy atom. The Kier molecular flexibility index (Phi) is 6.43. The number of benzene rings is 1. The molecule has 1 heterocycles. The fourth-order valence-corrected chi connectivity index (χ4v) is 3.75. The first kappa shape index (κ1) is 17.0. The number of nitrogens with one attached hydrogen (secondary N) is 1. The van der Waals surface area contributed by atoms with Gasteiger partial charge in [0.1, 0.15) is 5.75 Å². The van der Waals surface area contributed by atoms with E-state index < -0.39 is 0 Å². The summed E-state index contributed by atoms with van der Waals surface area (Å²) in [7, 11) is 3.55. The van der Waals surface area contributed by atoms with Crippen molar-refractivity contribution in [1.29, 1.82) is 0 Å². The lowest BCUT2D eigenvalue weighted by molar-refractivity contribution is 0.188. The van der Waals surface area contributed by atoms with E-state index in [4.69, 9.17) is 4.74 Å². The van der Waals surface area contributed by atoms with Crippen LogP contribution >= 0.6 is 11.8 Å². The van der Waals surface area contributed by atoms with E-state index in [1.54, 1.807) is 12.0 Å². The molecule has 1 N–H and O–H groups in total. The second-order valence-corrected chi connectivity index (χ2v) is 7.04. The van der Waals surface area contributed by atoms with Gasteiger partial charge in [0.25, 0.3) is 0 Å². The van der Waals surface area contributed by atoms with Crippen LogP contribution in [-0.2, 0) is 6.42 Å². The molecule has 1 saturated heterocycles. The van der Waals surface area contributed by atoms with Gasteiger partial charge >= 0.3 is 6.03 Å². The topological polar surface area (TPSA) is 41.6 Å². The predicted molar refractivity (Wildman–Crippen MR) is 92.8 cm³/mol. The minimum absolute atomic E-state index is 0.0271. The van der Waals surface area contributed by atoms with Crippen LogP contribution in [0.4, 0.5) is 4.79 Å². The average molecular weight is 322 g/mol. The molecule has 4 nitrogen and oxygen atoms in total. The van der Waals surface area contributed by atoms with Gasteiger partial charge in [0.15, 0.2) is 0 Å². The quantitative estimate of drug-likeness (QED) is 0.905. The van der Waals surface area contributed by atoms with E-state index in [9.17, 15) is 4.79 Å². The molecule has 1 aromatic rings. The molecule has 1 unspecified atom stereocenters. The monoisotopic (exact) mass is 322 g/mol. The van der Waals surface area contributed by atoms with Crippen LogP contribution in [0.3, 0.4) is 0 Å². The lowest BCUT2D eigenvalue weighted by Crippen LogP contribution is -2.48. The SMILES string of the molecule is COc1ccccc1CC(C)N(C)C(=O)NC1CCSCC1. The van der Waals surface area contributed by atoms with Crippen molar-refractivity contribution in [3.05, 3.63) is 29.8 Å². The molecule has 1 fully saturated rings. The van der Waals surface area contributed by atoms with E-state index in [0.29, 0.717) is 6.04 Å². The highest BCUT2D eigenvalue weighted by Gasteiger charge is 2.21. The molecule has 5 heteroatoms. The number of urea groups is 1. The van der Waals surface area contributed by atoms with Gasteiger partial charge in [-0.15, -0.1) is 0 Å². The number of carbonyl (C=O) groups excluding carboxylic acids is 1. The number of hydrogen-bond acceptors (Lipinski definition) is 3. The van der Waals surface area contributed by atoms with Crippen LogP contribution in [0.15, 0.2) is 24.3 Å². The standard InChI is InChI=1S/C17H26N2O2S/c1-13(12-14-6-4-5-7-16(14)21-3)19(2)17(20)18-15-8-10-22-11-9-15/h4-7,13,15H,8-12H2,1-3H3,(H,18,20). The van der Waals surface area contributed by atoms with Gasteiger partial charge in [-0.3, -0.25) is 0 Å². The number of thioether (sulfide) groups is 1. The second kappa shape index (κ2) is 8.32. The van der Waals surface area contributed by atoms with Crippen molar-refractivity contribution >= 4 is 17.8 Å². The van der Waals surface area contributed by atoms with Gasteiger partial charge in [0, 0.05) is 19.1 Å². The van der Waals surface area contributed by atoms with Gasteiger partial charge < -0.3 is 15.0 Å². The summed E-state index contributed by atoms with van der Waals surface area (Å²) in [5.41, 5.74) is 1.13. The van der Waals surface area contributed by atoms with E-state index in [1.807, 2.05) is 37.0 Å². The zero-order valence-corrected chi connectivity index (χ0v) is 14.5. The number of methoxy groups -OCH3 is 1. The lowest BCUT2D eigenvalue weighted by Gasteiger charge is -2.29. The van der Waals surface area contributed by atoms with E-state index in [-0.39, 0.29) is 12.1 Å². The number of likely N-dealkylation sites (N-methyl/N-ethyl adjacent to an activating group) is 1. The first-order chi connectivity index (χ1) is 10.6. The van der Waals surface area contributed by atoms with Crippen molar-refractivity contribution in [2.75, 3.05) is 25.7 Å². The largest absolute Gasteiger partial charge is 0.496 e. The first-order valence-corrected chi connectivity index (χ1v) is 9.00. The maximum atomic E-state index is 12.4. The van der Waals surface area contributed by atoms with Gasteiger partial charge in [0.05, 0.1) is 7.11 Å². The average Bonchev–Trinajstić information content (AvgIpc) is 2.55. The fraction of sp³-hybridized carbons (Fsp3) is 0.588. The third-order valence-corrected chi connectivity index (χ3v) is 5.29. The number of nitrogens with zero attached hydrogens (tertiary/aromatic N) is 1. The van der Waals surface area contributed by atoms with Crippen LogP contribution < -0.4 is 10.1 Å². The Morgan fingerprint density at radius 2 is 2.09 bits per heavy atom. The van der Waals surface area contributed by atoms with Crippen LogP contribution in [-0.4, -0.2) is 48.7 Å². The van der Waals surface area contributed by atoms with Crippen molar-refractivity contribution in [2.45, 2.75) is 38.3 Å². The molecule has 0 bridgehead atoms. The molecule has 0 radical (unpaired) electrons. The number of rotatable bonds is 5. The number of amides is 2. The Labute approximate surface area is 137 Å². The van der Waals surface area contributed by atoms with Crippen LogP contribution in [0.25, 0.3) is 0 Å². The summed E-state index contributed by atoms with van der Waals surface area (Å²) < 4.78 is 5.39. The molecule has 0 spiro atoms. The molecule has 2 amide bonds. The van der Waals surface area contributed by atoms with E-state index >= 15 is 0 Å². The summed E-state index contributed by atoms with van der Waals surface area (Å²) in [4.78, 5) is 14.2. The van der Waals surface area contributed by atoms with Gasteiger partial charge in [-0.05, 0) is 49.3 Å². The van der Waals surface area contributed by atoms with E-state index in [0.717, 1.165) is 42.1 Å². The molecule has 122 valence electrons. The summed E-state index contributed by atoms with van der Waals surface area (Å²) in [5.74, 6) is 3.17. The van der Waals surface area contributed by atoms with E-state index in [2.05, 4.69) is 18.3 Å². The second-order valence-electron chi connectivity index (χ2n) is 5.81. The van der Waals surface area contributed by atoms with Crippen molar-refractivity contribution in [3.63, 3.8) is 0 Å². The van der Waals surface area contributed by atoms with Crippen molar-refractivity contribution < 1.29 is 9.53 Å². The molecule has 22 heavy (non-hydrogen) atoms. The Hall–Kier alpha value is -1.36. The molecule has 0 aromatic heterocycles. The highest BCUT2D eigenvalue weighted by molar-refractivity contribution is 7.99. The maximum absolute atomic E-state index is 12.4. The summed E-state index contributed by atoms with van der Waals surface area (Å²) in [6.45, 7) is 2.07. The van der Waals surface area contributed by atoms with Crippen molar-refractivity contribution in [1.82, 2.24) is 10.2 Å². The normalized spacial score (nSPS) is 16.9. The minimum Gasteiger partial charge on any atom is -0.496 e. The third kappa shape index (κ3) is 4.57. The molecule has 1 aliphatic rings. The van der Waals surface area contributed by atoms with Crippen LogP contribution in [0.2, 0.25) is 0 Å². The van der Waals surface area contributed by atoms with Gasteiger partial charge in [-0.2, -0.15) is 11.8 Å². The van der Waals surface area contributed by atoms with Gasteiger partial charge in [-0.1, -0.05) is 18.2 Å². The zero-order valence-electron chi connectivity index (χ0n) is 13.7. The Bertz CT molecular complexity index is 489. The predicted octanol–water partition coefficient (Wildman–Crippen LogP) is 3.16. The molecule has 1 atom stereocenters. The van der Waals surface area contributed by atoms with Gasteiger partial charge in [-0.25, -0.2) is 4.79 Å². The summed E-state index contributed by atoms with van der Waals surface area (Å²) >= 11 is 1.97. The molecular formula is C17H26N2O2S. The Morgan fingerprint density at radius 1 is 1.41 bits per heavy atom. The van der Waals surface area contributed by atoms with Crippen LogP contribution in [0.5, 0.6) is 5.75 Å². The third-order valence-electron chi connectivity index (χ3n) is 4.24. The summed E-state index contributed by atoms with van der Waals surface area (Å²) in [6.07, 6.45) is 2.94. The van der Waals surface area contributed by atoms with Crippen molar-refractivity contribution in [3.8, 4) is 5.75 Å². The number of carbonyl (C=O) groups is 1. The molecule has 2 rings (SSSR count). The summed E-state index contributed by atoms with van der Waals surface area (Å²) in [5, 5.41) is 3.16. The van der Waals surface area contributed by atoms with Crippen LogP contribution in [0.1, 0.15) is 25.3 Å². The molecule has 0 aliphatic carbocycles. The first-order valence-electron chi connectivity index (χ1n) is 7.84. The zero-order chi connectivity index (χ0) is 15.9. The minimum atomic E-state index is 0.0271. The van der Waals surface area contributed by atoms with Crippen molar-refractivity contribution in [2.24, 2.45) is 0 Å². The molecular weight excluding hydrogens is 296 g/mol. The van der Waals surface area contributed by atoms with E-state index in [1.165, 1.54) is 0 Å². The Balaban J connectivity index is 1.90. The van der Waals surface area contributed by atoms with Crippen LogP contribution in [0, 0.1) is 0 Å². The molecule has 1 aliphatic heterocycles.